The topological polar surface area (TPSA) is 92.6 Å². The second kappa shape index (κ2) is 8.07. The first-order valence-corrected chi connectivity index (χ1v) is 9.74. The number of nitrogens with one attached hydrogen (secondary N) is 1. The molecule has 7 nitrogen and oxygen atoms in total. The number of aryl methyl sites for hydroxylation is 2. The number of halogens is 1. The summed E-state index contributed by atoms with van der Waals surface area (Å²) in [5.74, 6) is -2.16. The Morgan fingerprint density at radius 2 is 1.59 bits per heavy atom. The first kappa shape index (κ1) is 20.9. The number of nitro groups is 1. The molecule has 3 aromatic carbocycles. The fourth-order valence-electron chi connectivity index (χ4n) is 3.48. The lowest BCUT2D eigenvalue weighted by Crippen LogP contribution is -2.33. The number of hydrogen-bond donors (Lipinski definition) is 1. The van der Waals surface area contributed by atoms with Gasteiger partial charge in [0.25, 0.3) is 17.5 Å². The van der Waals surface area contributed by atoms with Crippen LogP contribution in [0.1, 0.15) is 16.7 Å². The van der Waals surface area contributed by atoms with Crippen LogP contribution in [0.15, 0.2) is 72.4 Å². The standard InChI is InChI=1S/C24H18FN3O4/c1-14-7-10-17(13-15(14)2)26-22-21(16-8-11-18(12-9-16)28(31)32)23(29)27(24(22)30)20-6-4-3-5-19(20)25/h3-13,26H,1-2H3. The summed E-state index contributed by atoms with van der Waals surface area (Å²) in [5, 5.41) is 14.0. The number of anilines is 2. The minimum atomic E-state index is -0.722. The van der Waals surface area contributed by atoms with Crippen molar-refractivity contribution in [2.45, 2.75) is 13.8 Å². The summed E-state index contributed by atoms with van der Waals surface area (Å²) in [5.41, 5.74) is 2.58. The predicted octanol–water partition coefficient (Wildman–Crippen LogP) is 4.75. The van der Waals surface area contributed by atoms with Crippen LogP contribution < -0.4 is 10.2 Å². The SMILES string of the molecule is Cc1ccc(NC2=C(c3ccc([N+](=O)[O-])cc3)C(=O)N(c3ccccc3F)C2=O)cc1C. The van der Waals surface area contributed by atoms with Gasteiger partial charge in [-0.3, -0.25) is 19.7 Å². The molecule has 160 valence electrons. The molecule has 1 N–H and O–H groups in total. The van der Waals surface area contributed by atoms with E-state index in [1.165, 1.54) is 42.5 Å². The van der Waals surface area contributed by atoms with Crippen LogP contribution in [0.25, 0.3) is 5.57 Å². The molecule has 0 bridgehead atoms. The highest BCUT2D eigenvalue weighted by atomic mass is 19.1. The van der Waals surface area contributed by atoms with E-state index in [0.29, 0.717) is 11.3 Å². The highest BCUT2D eigenvalue weighted by Crippen LogP contribution is 2.35. The lowest BCUT2D eigenvalue weighted by atomic mass is 10.0. The molecule has 1 aliphatic heterocycles. The van der Waals surface area contributed by atoms with Crippen molar-refractivity contribution in [3.05, 3.63) is 105 Å². The van der Waals surface area contributed by atoms with Crippen LogP contribution in [0.2, 0.25) is 0 Å². The number of hydrogen-bond acceptors (Lipinski definition) is 5. The van der Waals surface area contributed by atoms with E-state index in [1.807, 2.05) is 26.0 Å². The number of nitro benzene ring substituents is 1. The molecule has 1 heterocycles. The van der Waals surface area contributed by atoms with Gasteiger partial charge >= 0.3 is 0 Å². The van der Waals surface area contributed by atoms with Gasteiger partial charge in [0.15, 0.2) is 0 Å². The van der Waals surface area contributed by atoms with Gasteiger partial charge in [0.1, 0.15) is 11.5 Å². The van der Waals surface area contributed by atoms with Crippen molar-refractivity contribution >= 4 is 34.4 Å². The number of para-hydroxylation sites is 1. The molecule has 1 aliphatic rings. The van der Waals surface area contributed by atoms with E-state index in [0.717, 1.165) is 22.1 Å². The average molecular weight is 431 g/mol. The maximum Gasteiger partial charge on any atom is 0.282 e. The zero-order valence-electron chi connectivity index (χ0n) is 17.3. The van der Waals surface area contributed by atoms with Crippen molar-refractivity contribution in [1.82, 2.24) is 0 Å². The molecule has 32 heavy (non-hydrogen) atoms. The van der Waals surface area contributed by atoms with Crippen LogP contribution in [0.5, 0.6) is 0 Å². The Balaban J connectivity index is 1.84. The molecule has 0 fully saturated rings. The van der Waals surface area contributed by atoms with Crippen LogP contribution >= 0.6 is 0 Å². The second-order valence-corrected chi connectivity index (χ2v) is 7.38. The number of non-ortho nitro benzene ring substituents is 1. The number of imide groups is 1. The summed E-state index contributed by atoms with van der Waals surface area (Å²) in [6.07, 6.45) is 0. The smallest absolute Gasteiger partial charge is 0.282 e. The van der Waals surface area contributed by atoms with Crippen molar-refractivity contribution in [3.8, 4) is 0 Å². The van der Waals surface area contributed by atoms with Crippen molar-refractivity contribution in [1.29, 1.82) is 0 Å². The minimum Gasteiger partial charge on any atom is -0.350 e. The highest BCUT2D eigenvalue weighted by molar-refractivity contribution is 6.46. The molecule has 0 spiro atoms. The van der Waals surface area contributed by atoms with E-state index in [1.54, 1.807) is 6.07 Å². The molecule has 8 heteroatoms. The quantitative estimate of drug-likeness (QED) is 0.358. The van der Waals surface area contributed by atoms with Crippen LogP contribution in [-0.4, -0.2) is 16.7 Å². The molecule has 3 aromatic rings. The monoisotopic (exact) mass is 431 g/mol. The van der Waals surface area contributed by atoms with Gasteiger partial charge in [-0.1, -0.05) is 18.2 Å². The number of benzene rings is 3. The molecule has 0 saturated heterocycles. The molecule has 4 rings (SSSR count). The Morgan fingerprint density at radius 1 is 0.906 bits per heavy atom. The Kier molecular flexibility index (Phi) is 5.28. The van der Waals surface area contributed by atoms with Crippen molar-refractivity contribution in [2.24, 2.45) is 0 Å². The van der Waals surface area contributed by atoms with E-state index in [2.05, 4.69) is 5.32 Å². The fraction of sp³-hybridized carbons (Fsp3) is 0.0833. The maximum absolute atomic E-state index is 14.5. The molecular weight excluding hydrogens is 413 g/mol. The van der Waals surface area contributed by atoms with E-state index in [9.17, 15) is 24.1 Å². The van der Waals surface area contributed by atoms with Gasteiger partial charge in [-0.2, -0.15) is 0 Å². The van der Waals surface area contributed by atoms with Crippen LogP contribution in [0, 0.1) is 29.8 Å². The summed E-state index contributed by atoms with van der Waals surface area (Å²) in [7, 11) is 0. The molecule has 0 atom stereocenters. The molecular formula is C24H18FN3O4. The third-order valence-electron chi connectivity index (χ3n) is 5.32. The number of rotatable bonds is 5. The molecule has 0 saturated carbocycles. The van der Waals surface area contributed by atoms with E-state index in [-0.39, 0.29) is 22.6 Å². The molecule has 0 radical (unpaired) electrons. The van der Waals surface area contributed by atoms with Gasteiger partial charge in [-0.25, -0.2) is 9.29 Å². The third-order valence-corrected chi connectivity index (χ3v) is 5.32. The second-order valence-electron chi connectivity index (χ2n) is 7.38. The van der Waals surface area contributed by atoms with E-state index >= 15 is 0 Å². The lowest BCUT2D eigenvalue weighted by molar-refractivity contribution is -0.384. The summed E-state index contributed by atoms with van der Waals surface area (Å²) in [6, 6.07) is 16.3. The van der Waals surface area contributed by atoms with Gasteiger partial charge in [0, 0.05) is 17.8 Å². The molecule has 0 aliphatic carbocycles. The van der Waals surface area contributed by atoms with E-state index in [4.69, 9.17) is 0 Å². The van der Waals surface area contributed by atoms with E-state index < -0.39 is 22.6 Å². The summed E-state index contributed by atoms with van der Waals surface area (Å²) < 4.78 is 14.5. The minimum absolute atomic E-state index is 0.00591. The first-order valence-electron chi connectivity index (χ1n) is 9.74. The van der Waals surface area contributed by atoms with Gasteiger partial charge in [0.2, 0.25) is 0 Å². The zero-order chi connectivity index (χ0) is 23.0. The summed E-state index contributed by atoms with van der Waals surface area (Å²) in [4.78, 5) is 37.8. The van der Waals surface area contributed by atoms with Crippen molar-refractivity contribution in [3.63, 3.8) is 0 Å². The van der Waals surface area contributed by atoms with Gasteiger partial charge in [0.05, 0.1) is 16.2 Å². The van der Waals surface area contributed by atoms with Gasteiger partial charge in [-0.15, -0.1) is 0 Å². The maximum atomic E-state index is 14.5. The van der Waals surface area contributed by atoms with Crippen molar-refractivity contribution in [2.75, 3.05) is 10.2 Å². The molecule has 0 aromatic heterocycles. The predicted molar refractivity (Wildman–Crippen MR) is 118 cm³/mol. The largest absolute Gasteiger partial charge is 0.350 e. The number of carbonyl (C=O) groups excluding carboxylic acids is 2. The zero-order valence-corrected chi connectivity index (χ0v) is 17.3. The lowest BCUT2D eigenvalue weighted by Gasteiger charge is -2.16. The Morgan fingerprint density at radius 3 is 2.22 bits per heavy atom. The van der Waals surface area contributed by atoms with Crippen LogP contribution in [0.3, 0.4) is 0 Å². The van der Waals surface area contributed by atoms with Gasteiger partial charge < -0.3 is 5.32 Å². The van der Waals surface area contributed by atoms with Crippen molar-refractivity contribution < 1.29 is 18.9 Å². The first-order chi connectivity index (χ1) is 15.3. The van der Waals surface area contributed by atoms with Gasteiger partial charge in [-0.05, 0) is 66.9 Å². The Bertz CT molecular complexity index is 1300. The highest BCUT2D eigenvalue weighted by Gasteiger charge is 2.41. The Labute approximate surface area is 182 Å². The van der Waals surface area contributed by atoms with Crippen LogP contribution in [-0.2, 0) is 9.59 Å². The Hall–Kier alpha value is -4.33. The van der Waals surface area contributed by atoms with Crippen LogP contribution in [0.4, 0.5) is 21.5 Å². The fourth-order valence-corrected chi connectivity index (χ4v) is 3.48. The third kappa shape index (κ3) is 3.62. The average Bonchev–Trinajstić information content (AvgIpc) is 3.01. The summed E-state index contributed by atoms with van der Waals surface area (Å²) >= 11 is 0. The normalized spacial score (nSPS) is 13.7. The molecule has 2 amide bonds. The number of amides is 2. The summed E-state index contributed by atoms with van der Waals surface area (Å²) in [6.45, 7) is 3.87. The number of nitrogens with zero attached hydrogens (tertiary/aromatic N) is 2. The molecule has 0 unspecified atom stereocenters. The number of carbonyl (C=O) groups is 2.